The van der Waals surface area contributed by atoms with Crippen molar-refractivity contribution in [3.05, 3.63) is 21.8 Å². The van der Waals surface area contributed by atoms with Crippen LogP contribution in [0.1, 0.15) is 10.5 Å². The summed E-state index contributed by atoms with van der Waals surface area (Å²) < 4.78 is 0.347. The lowest BCUT2D eigenvalue weighted by atomic mass is 10.5. The Kier molecular flexibility index (Phi) is 2.15. The van der Waals surface area contributed by atoms with Crippen LogP contribution in [0.2, 0.25) is 0 Å². The predicted octanol–water partition coefficient (Wildman–Crippen LogP) is -0.555. The Bertz CT molecular complexity index is 264. The Morgan fingerprint density at radius 3 is 2.50 bits per heavy atom. The lowest BCUT2D eigenvalue weighted by Crippen LogP contribution is -2.25. The minimum Gasteiger partial charge on any atom is -0.543 e. The molecule has 4 nitrogen and oxygen atoms in total. The minimum absolute atomic E-state index is 0.108. The Hall–Kier alpha value is -0.720. The average molecular weight is 249 g/mol. The van der Waals surface area contributed by atoms with E-state index in [1.54, 1.807) is 22.6 Å². The van der Waals surface area contributed by atoms with Crippen LogP contribution in [0.3, 0.4) is 0 Å². The zero-order valence-corrected chi connectivity index (χ0v) is 6.90. The standard InChI is InChI=1S/C5H3IN2O2/c6-4-3(5(9)10)7-1-2-8-4/h1-2H,(H,9,10)/p-1. The SMILES string of the molecule is O=C([O-])c1nccnc1I. The van der Waals surface area contributed by atoms with Gasteiger partial charge in [-0.2, -0.15) is 0 Å². The fraction of sp³-hybridized carbons (Fsp3) is 0. The summed E-state index contributed by atoms with van der Waals surface area (Å²) in [4.78, 5) is 17.5. The van der Waals surface area contributed by atoms with Gasteiger partial charge in [0.25, 0.3) is 0 Å². The summed E-state index contributed by atoms with van der Waals surface area (Å²) in [6.45, 7) is 0. The molecule has 0 aliphatic rings. The zero-order chi connectivity index (χ0) is 7.56. The third-order valence-corrected chi connectivity index (χ3v) is 1.64. The highest BCUT2D eigenvalue weighted by Gasteiger charge is 1.99. The Labute approximate surface area is 70.5 Å². The van der Waals surface area contributed by atoms with Crippen LogP contribution < -0.4 is 5.11 Å². The van der Waals surface area contributed by atoms with Crippen molar-refractivity contribution in [1.29, 1.82) is 0 Å². The number of hydrogen-bond acceptors (Lipinski definition) is 4. The lowest BCUT2D eigenvalue weighted by molar-refractivity contribution is -0.255. The number of halogens is 1. The molecule has 0 radical (unpaired) electrons. The van der Waals surface area contributed by atoms with Gasteiger partial charge in [-0.15, -0.1) is 0 Å². The molecule has 0 saturated heterocycles. The van der Waals surface area contributed by atoms with E-state index in [0.29, 0.717) is 3.70 Å². The maximum Gasteiger partial charge on any atom is 0.128 e. The van der Waals surface area contributed by atoms with E-state index in [-0.39, 0.29) is 5.69 Å². The molecule has 0 bridgehead atoms. The Morgan fingerprint density at radius 2 is 2.10 bits per heavy atom. The second-order valence-electron chi connectivity index (χ2n) is 1.48. The topological polar surface area (TPSA) is 65.9 Å². The van der Waals surface area contributed by atoms with Crippen LogP contribution in [0.5, 0.6) is 0 Å². The number of aromatic carboxylic acids is 1. The quantitative estimate of drug-likeness (QED) is 0.626. The lowest BCUT2D eigenvalue weighted by Gasteiger charge is -2.00. The Morgan fingerprint density at radius 1 is 1.50 bits per heavy atom. The summed E-state index contributed by atoms with van der Waals surface area (Å²) in [5, 5.41) is 10.2. The van der Waals surface area contributed by atoms with Gasteiger partial charge >= 0.3 is 0 Å². The largest absolute Gasteiger partial charge is 0.543 e. The molecule has 0 aliphatic heterocycles. The monoisotopic (exact) mass is 249 g/mol. The number of carbonyl (C=O) groups is 1. The molecule has 52 valence electrons. The van der Waals surface area contributed by atoms with Gasteiger partial charge in [0.2, 0.25) is 0 Å². The van der Waals surface area contributed by atoms with Crippen molar-refractivity contribution in [3.63, 3.8) is 0 Å². The number of aromatic nitrogens is 2. The third-order valence-electron chi connectivity index (χ3n) is 0.847. The van der Waals surface area contributed by atoms with Gasteiger partial charge in [0.1, 0.15) is 9.39 Å². The van der Waals surface area contributed by atoms with Gasteiger partial charge in [0.05, 0.1) is 5.97 Å². The molecule has 0 fully saturated rings. The van der Waals surface area contributed by atoms with Crippen molar-refractivity contribution >= 4 is 28.6 Å². The van der Waals surface area contributed by atoms with Gasteiger partial charge in [-0.25, -0.2) is 4.98 Å². The molecule has 0 saturated carbocycles. The van der Waals surface area contributed by atoms with Crippen LogP contribution in [0, 0.1) is 3.70 Å². The van der Waals surface area contributed by atoms with Gasteiger partial charge in [-0.05, 0) is 22.6 Å². The van der Waals surface area contributed by atoms with Gasteiger partial charge in [-0.1, -0.05) is 0 Å². The molecule has 0 unspecified atom stereocenters. The van der Waals surface area contributed by atoms with Crippen LogP contribution in [0.25, 0.3) is 0 Å². The summed E-state index contributed by atoms with van der Waals surface area (Å²) in [6, 6.07) is 0. The summed E-state index contributed by atoms with van der Waals surface area (Å²) in [5.74, 6) is -1.29. The zero-order valence-electron chi connectivity index (χ0n) is 4.74. The number of carboxylic acids is 1. The summed E-state index contributed by atoms with van der Waals surface area (Å²) in [5.41, 5.74) is -0.108. The van der Waals surface area contributed by atoms with Gasteiger partial charge < -0.3 is 9.90 Å². The first-order chi connectivity index (χ1) is 4.72. The smallest absolute Gasteiger partial charge is 0.128 e. The molecule has 1 rings (SSSR count). The van der Waals surface area contributed by atoms with Crippen LogP contribution in [-0.2, 0) is 0 Å². The molecule has 0 N–H and O–H groups in total. The molecule has 0 aromatic carbocycles. The van der Waals surface area contributed by atoms with E-state index in [1.807, 2.05) is 0 Å². The summed E-state index contributed by atoms with van der Waals surface area (Å²) >= 11 is 1.78. The normalized spacial score (nSPS) is 9.30. The van der Waals surface area contributed by atoms with Gasteiger partial charge in [-0.3, -0.25) is 4.98 Å². The number of carboxylic acid groups (broad SMARTS) is 1. The predicted molar refractivity (Wildman–Crippen MR) is 39.1 cm³/mol. The Balaban J connectivity index is 3.15. The van der Waals surface area contributed by atoms with Crippen molar-refractivity contribution in [2.24, 2.45) is 0 Å². The highest BCUT2D eigenvalue weighted by Crippen LogP contribution is 2.02. The molecule has 0 atom stereocenters. The summed E-state index contributed by atoms with van der Waals surface area (Å²) in [6.07, 6.45) is 2.74. The van der Waals surface area contributed by atoms with E-state index < -0.39 is 5.97 Å². The van der Waals surface area contributed by atoms with Crippen molar-refractivity contribution in [1.82, 2.24) is 9.97 Å². The highest BCUT2D eigenvalue weighted by atomic mass is 127. The molecular formula is C5H2IN2O2-. The molecule has 0 spiro atoms. The van der Waals surface area contributed by atoms with E-state index in [1.165, 1.54) is 12.4 Å². The number of hydrogen-bond donors (Lipinski definition) is 0. The van der Waals surface area contributed by atoms with Gasteiger partial charge in [0, 0.05) is 12.4 Å². The van der Waals surface area contributed by atoms with Crippen molar-refractivity contribution < 1.29 is 9.90 Å². The van der Waals surface area contributed by atoms with E-state index in [0.717, 1.165) is 0 Å². The van der Waals surface area contributed by atoms with E-state index in [9.17, 15) is 9.90 Å². The van der Waals surface area contributed by atoms with E-state index in [2.05, 4.69) is 9.97 Å². The minimum atomic E-state index is -1.29. The van der Waals surface area contributed by atoms with Crippen LogP contribution in [0.4, 0.5) is 0 Å². The molecule has 0 aliphatic carbocycles. The molecule has 1 aromatic rings. The molecule has 5 heteroatoms. The maximum atomic E-state index is 10.2. The fourth-order valence-electron chi connectivity index (χ4n) is 0.458. The fourth-order valence-corrected chi connectivity index (χ4v) is 0.978. The second kappa shape index (κ2) is 2.91. The molecule has 10 heavy (non-hydrogen) atoms. The average Bonchev–Trinajstić information content (AvgIpc) is 1.88. The molecule has 1 aromatic heterocycles. The van der Waals surface area contributed by atoms with Crippen molar-refractivity contribution in [2.45, 2.75) is 0 Å². The van der Waals surface area contributed by atoms with E-state index in [4.69, 9.17) is 0 Å². The molecular weight excluding hydrogens is 247 g/mol. The first kappa shape index (κ1) is 7.39. The highest BCUT2D eigenvalue weighted by molar-refractivity contribution is 14.1. The number of nitrogens with zero attached hydrogens (tertiary/aromatic N) is 2. The third kappa shape index (κ3) is 1.41. The van der Waals surface area contributed by atoms with Crippen LogP contribution in [0.15, 0.2) is 12.4 Å². The first-order valence-electron chi connectivity index (χ1n) is 2.39. The molecule has 1 heterocycles. The van der Waals surface area contributed by atoms with Crippen LogP contribution >= 0.6 is 22.6 Å². The van der Waals surface area contributed by atoms with E-state index >= 15 is 0 Å². The second-order valence-corrected chi connectivity index (χ2v) is 2.51. The maximum absolute atomic E-state index is 10.2. The number of rotatable bonds is 1. The van der Waals surface area contributed by atoms with Crippen molar-refractivity contribution in [3.8, 4) is 0 Å². The first-order valence-corrected chi connectivity index (χ1v) is 3.47. The van der Waals surface area contributed by atoms with Gasteiger partial charge in [0.15, 0.2) is 0 Å². The van der Waals surface area contributed by atoms with Crippen molar-refractivity contribution in [2.75, 3.05) is 0 Å². The van der Waals surface area contributed by atoms with Crippen LogP contribution in [-0.4, -0.2) is 15.9 Å². The molecule has 0 amide bonds. The number of carbonyl (C=O) groups excluding carboxylic acids is 1. The summed E-state index contributed by atoms with van der Waals surface area (Å²) in [7, 11) is 0.